The molecule has 0 N–H and O–H groups in total. The first kappa shape index (κ1) is 8.75. The highest BCUT2D eigenvalue weighted by Crippen LogP contribution is 2.37. The van der Waals surface area contributed by atoms with E-state index >= 15 is 0 Å². The second-order valence-electron chi connectivity index (χ2n) is 3.01. The lowest BCUT2D eigenvalue weighted by molar-refractivity contribution is -0.382. The van der Waals surface area contributed by atoms with E-state index in [9.17, 15) is 10.1 Å². The molecule has 0 spiro atoms. The summed E-state index contributed by atoms with van der Waals surface area (Å²) in [6.07, 6.45) is 1.77. The molecule has 3 aromatic heterocycles. The molecule has 0 unspecified atom stereocenters. The van der Waals surface area contributed by atoms with Crippen LogP contribution in [0.25, 0.3) is 20.3 Å². The summed E-state index contributed by atoms with van der Waals surface area (Å²) in [6, 6.07) is 1.91. The van der Waals surface area contributed by atoms with Crippen molar-refractivity contribution in [3.8, 4) is 0 Å². The van der Waals surface area contributed by atoms with Crippen LogP contribution in [0.3, 0.4) is 0 Å². The molecule has 0 bridgehead atoms. The van der Waals surface area contributed by atoms with Crippen LogP contribution in [0, 0.1) is 10.1 Å². The molecule has 3 heterocycles. The predicted molar refractivity (Wildman–Crippen MR) is 61.7 cm³/mol. The van der Waals surface area contributed by atoms with Crippen LogP contribution in [0.15, 0.2) is 23.0 Å². The van der Waals surface area contributed by atoms with E-state index in [2.05, 4.69) is 4.98 Å². The van der Waals surface area contributed by atoms with Crippen LogP contribution < -0.4 is 0 Å². The number of nitrogens with zero attached hydrogens (tertiary/aromatic N) is 2. The minimum atomic E-state index is -0.350. The van der Waals surface area contributed by atoms with Gasteiger partial charge >= 0.3 is 0 Å². The molecule has 0 atom stereocenters. The topological polar surface area (TPSA) is 56.0 Å². The van der Waals surface area contributed by atoms with Crippen LogP contribution in [0.1, 0.15) is 0 Å². The van der Waals surface area contributed by atoms with Gasteiger partial charge in [0.05, 0.1) is 20.4 Å². The lowest BCUT2D eigenvalue weighted by Gasteiger charge is -1.92. The summed E-state index contributed by atoms with van der Waals surface area (Å²) in [4.78, 5) is 15.4. The maximum Gasteiger partial charge on any atom is 0.290 e. The van der Waals surface area contributed by atoms with Crippen molar-refractivity contribution < 1.29 is 4.92 Å². The van der Waals surface area contributed by atoms with Crippen LogP contribution in [0.4, 0.5) is 5.69 Å². The summed E-state index contributed by atoms with van der Waals surface area (Å²) < 4.78 is 0.990. The zero-order chi connectivity index (χ0) is 10.4. The monoisotopic (exact) mass is 236 g/mol. The van der Waals surface area contributed by atoms with Crippen molar-refractivity contribution in [2.24, 2.45) is 0 Å². The average Bonchev–Trinajstić information content (AvgIpc) is 2.82. The third-order valence-electron chi connectivity index (χ3n) is 2.21. The molecule has 6 heteroatoms. The Bertz CT molecular complexity index is 671. The number of fused-ring (bicyclic) bond motifs is 3. The first-order valence-corrected chi connectivity index (χ1v) is 5.91. The number of hydrogen-bond acceptors (Lipinski definition) is 5. The van der Waals surface area contributed by atoms with Gasteiger partial charge in [-0.3, -0.25) is 10.1 Å². The van der Waals surface area contributed by atoms with Crippen molar-refractivity contribution in [1.29, 1.82) is 0 Å². The summed E-state index contributed by atoms with van der Waals surface area (Å²) in [5, 5.41) is 15.9. The maximum absolute atomic E-state index is 10.8. The SMILES string of the molecule is O=[N+]([O-])c1csc2ncc3sccc3c12. The van der Waals surface area contributed by atoms with E-state index in [0.29, 0.717) is 5.39 Å². The zero-order valence-corrected chi connectivity index (χ0v) is 8.97. The maximum atomic E-state index is 10.8. The van der Waals surface area contributed by atoms with Crippen molar-refractivity contribution in [3.05, 3.63) is 33.1 Å². The molecule has 74 valence electrons. The summed E-state index contributed by atoms with van der Waals surface area (Å²) in [5.41, 5.74) is 0.159. The predicted octanol–water partition coefficient (Wildman–Crippen LogP) is 3.42. The molecule has 0 amide bonds. The highest BCUT2D eigenvalue weighted by Gasteiger charge is 2.17. The Morgan fingerprint density at radius 3 is 3.07 bits per heavy atom. The van der Waals surface area contributed by atoms with E-state index in [1.807, 2.05) is 11.4 Å². The van der Waals surface area contributed by atoms with Gasteiger partial charge < -0.3 is 0 Å². The van der Waals surface area contributed by atoms with Crippen LogP contribution in [0.5, 0.6) is 0 Å². The van der Waals surface area contributed by atoms with Gasteiger partial charge in [0.2, 0.25) is 0 Å². The molecule has 3 aromatic rings. The Morgan fingerprint density at radius 2 is 2.27 bits per heavy atom. The minimum absolute atomic E-state index is 0.159. The van der Waals surface area contributed by atoms with Gasteiger partial charge in [0.1, 0.15) is 4.83 Å². The number of rotatable bonds is 1. The Labute approximate surface area is 91.9 Å². The standard InChI is InChI=1S/C9H4N2O2S2/c12-11(13)6-4-15-9-8(6)5-1-2-14-7(5)3-10-9/h1-4H. The molecule has 0 saturated carbocycles. The van der Waals surface area contributed by atoms with Gasteiger partial charge in [-0.2, -0.15) is 0 Å². The van der Waals surface area contributed by atoms with Crippen LogP contribution in [-0.2, 0) is 0 Å². The fourth-order valence-electron chi connectivity index (χ4n) is 1.57. The molecule has 0 radical (unpaired) electrons. The molecule has 0 fully saturated rings. The quantitative estimate of drug-likeness (QED) is 0.480. The Hall–Kier alpha value is -1.53. The fourth-order valence-corrected chi connectivity index (χ4v) is 3.20. The van der Waals surface area contributed by atoms with Crippen molar-refractivity contribution in [2.45, 2.75) is 0 Å². The van der Waals surface area contributed by atoms with Gasteiger partial charge in [0.25, 0.3) is 5.69 Å². The van der Waals surface area contributed by atoms with Crippen molar-refractivity contribution in [3.63, 3.8) is 0 Å². The van der Waals surface area contributed by atoms with Gasteiger partial charge in [-0.1, -0.05) is 0 Å². The first-order chi connectivity index (χ1) is 7.27. The summed E-state index contributed by atoms with van der Waals surface area (Å²) in [7, 11) is 0. The number of pyridine rings is 1. The third kappa shape index (κ3) is 1.15. The molecular formula is C9H4N2O2S2. The van der Waals surface area contributed by atoms with E-state index in [1.165, 1.54) is 11.3 Å². The van der Waals surface area contributed by atoms with E-state index in [4.69, 9.17) is 0 Å². The Balaban J connectivity index is 2.57. The average molecular weight is 236 g/mol. The largest absolute Gasteiger partial charge is 0.290 e. The van der Waals surface area contributed by atoms with Crippen molar-refractivity contribution in [1.82, 2.24) is 4.98 Å². The molecule has 4 nitrogen and oxygen atoms in total. The second kappa shape index (κ2) is 2.98. The molecule has 0 aliphatic rings. The normalized spacial score (nSPS) is 11.2. The minimum Gasteiger partial charge on any atom is -0.258 e. The Morgan fingerprint density at radius 1 is 1.40 bits per heavy atom. The summed E-state index contributed by atoms with van der Waals surface area (Å²) >= 11 is 2.86. The van der Waals surface area contributed by atoms with Crippen LogP contribution >= 0.6 is 22.7 Å². The highest BCUT2D eigenvalue weighted by atomic mass is 32.1. The second-order valence-corrected chi connectivity index (χ2v) is 4.82. The highest BCUT2D eigenvalue weighted by molar-refractivity contribution is 7.19. The van der Waals surface area contributed by atoms with E-state index < -0.39 is 0 Å². The number of aromatic nitrogens is 1. The fraction of sp³-hybridized carbons (Fsp3) is 0. The first-order valence-electron chi connectivity index (χ1n) is 4.15. The number of hydrogen-bond donors (Lipinski definition) is 0. The molecule has 0 saturated heterocycles. The van der Waals surface area contributed by atoms with E-state index in [1.54, 1.807) is 22.9 Å². The van der Waals surface area contributed by atoms with Gasteiger partial charge in [-0.05, 0) is 11.4 Å². The van der Waals surface area contributed by atoms with Gasteiger partial charge in [0.15, 0.2) is 0 Å². The van der Waals surface area contributed by atoms with Crippen LogP contribution in [0.2, 0.25) is 0 Å². The van der Waals surface area contributed by atoms with Gasteiger partial charge in [0, 0.05) is 11.6 Å². The number of nitro groups is 1. The lowest BCUT2D eigenvalue weighted by Crippen LogP contribution is -1.85. The smallest absolute Gasteiger partial charge is 0.258 e. The molecule has 3 rings (SSSR count). The Kier molecular flexibility index (Phi) is 1.74. The van der Waals surface area contributed by atoms with Crippen LogP contribution in [-0.4, -0.2) is 9.91 Å². The lowest BCUT2D eigenvalue weighted by atomic mass is 10.2. The van der Waals surface area contributed by atoms with Gasteiger partial charge in [-0.25, -0.2) is 4.98 Å². The molecule has 15 heavy (non-hydrogen) atoms. The summed E-state index contributed by atoms with van der Waals surface area (Å²) in [5.74, 6) is 0. The zero-order valence-electron chi connectivity index (χ0n) is 7.34. The van der Waals surface area contributed by atoms with E-state index in [-0.39, 0.29) is 10.6 Å². The van der Waals surface area contributed by atoms with Crippen molar-refractivity contribution in [2.75, 3.05) is 0 Å². The van der Waals surface area contributed by atoms with Crippen molar-refractivity contribution >= 4 is 48.7 Å². The summed E-state index contributed by atoms with van der Waals surface area (Å²) in [6.45, 7) is 0. The molecule has 0 aliphatic heterocycles. The third-order valence-corrected chi connectivity index (χ3v) is 3.94. The van der Waals surface area contributed by atoms with Gasteiger partial charge in [-0.15, -0.1) is 22.7 Å². The van der Waals surface area contributed by atoms with E-state index in [0.717, 1.165) is 14.9 Å². The molecule has 0 aliphatic carbocycles. The number of thiophene rings is 2. The molecular weight excluding hydrogens is 232 g/mol. The molecule has 0 aromatic carbocycles.